The Bertz CT molecular complexity index is 560. The molecule has 0 atom stereocenters. The monoisotopic (exact) mass is 307 g/mol. The third kappa shape index (κ3) is 2.63. The summed E-state index contributed by atoms with van der Waals surface area (Å²) in [5, 5.41) is 17.4. The summed E-state index contributed by atoms with van der Waals surface area (Å²) < 4.78 is 0.414. The minimum atomic E-state index is -1.19. The number of nitriles is 2. The predicted molar refractivity (Wildman–Crippen MR) is 62.6 cm³/mol. The third-order valence-electron chi connectivity index (χ3n) is 1.93. The van der Waals surface area contributed by atoms with E-state index in [0.29, 0.717) is 4.47 Å². The number of hydrogen-bond donors (Lipinski definition) is 1. The van der Waals surface area contributed by atoms with Crippen molar-refractivity contribution in [3.05, 3.63) is 34.3 Å². The molecular weight excluding hydrogens is 302 g/mol. The van der Waals surface area contributed by atoms with Gasteiger partial charge in [-0.15, -0.1) is 0 Å². The van der Waals surface area contributed by atoms with E-state index in [2.05, 4.69) is 15.9 Å². The smallest absolute Gasteiger partial charge is 0.283 e. The molecule has 0 bridgehead atoms. The number of rotatable bonds is 3. The Kier molecular flexibility index (Phi) is 4.38. The van der Waals surface area contributed by atoms with E-state index in [0.717, 1.165) is 0 Å². The molecule has 0 spiro atoms. The van der Waals surface area contributed by atoms with Gasteiger partial charge in [0.05, 0.1) is 0 Å². The highest BCUT2D eigenvalue weighted by Gasteiger charge is 2.26. The number of carbonyl (C=O) groups excluding carboxylic acids is 2. The first-order valence-corrected chi connectivity index (χ1v) is 5.29. The summed E-state index contributed by atoms with van der Waals surface area (Å²) in [4.78, 5) is 23.4. The molecule has 0 radical (unpaired) electrons. The highest BCUT2D eigenvalue weighted by Crippen LogP contribution is 2.17. The van der Waals surface area contributed by atoms with Crippen molar-refractivity contribution in [3.63, 3.8) is 0 Å². The number of nitrogens with two attached hydrogens (primary N) is 1. The van der Waals surface area contributed by atoms with Crippen molar-refractivity contribution < 1.29 is 9.59 Å². The van der Waals surface area contributed by atoms with E-state index in [1.54, 1.807) is 18.2 Å². The fourth-order valence-electron chi connectivity index (χ4n) is 1.07. The maximum absolute atomic E-state index is 11.8. The lowest BCUT2D eigenvalue weighted by Crippen LogP contribution is -2.49. The van der Waals surface area contributed by atoms with Crippen LogP contribution in [0.2, 0.25) is 0 Å². The van der Waals surface area contributed by atoms with E-state index < -0.39 is 11.7 Å². The minimum absolute atomic E-state index is 0.0915. The summed E-state index contributed by atoms with van der Waals surface area (Å²) in [7, 11) is 0. The average molecular weight is 308 g/mol. The Morgan fingerprint density at radius 3 is 2.28 bits per heavy atom. The van der Waals surface area contributed by atoms with E-state index in [1.165, 1.54) is 18.5 Å². The average Bonchev–Trinajstić information content (AvgIpc) is 2.39. The zero-order valence-corrected chi connectivity index (χ0v) is 10.5. The number of benzene rings is 1. The Hall–Kier alpha value is -2.42. The second-order valence-electron chi connectivity index (χ2n) is 2.97. The maximum Gasteiger partial charge on any atom is 0.329 e. The standard InChI is InChI=1S/C10H6BrN5O2/c11-8-4-2-1-3-7(8)9(17)10(18)16(14)15(5-12)6-13/h1-4H,14H2. The molecule has 0 saturated heterocycles. The lowest BCUT2D eigenvalue weighted by molar-refractivity contribution is -0.135. The van der Waals surface area contributed by atoms with Gasteiger partial charge in [-0.25, -0.2) is 5.84 Å². The number of Topliss-reactive ketones (excluding diaryl/α,β-unsaturated/α-hetero) is 1. The van der Waals surface area contributed by atoms with E-state index >= 15 is 0 Å². The van der Waals surface area contributed by atoms with Crippen molar-refractivity contribution in [2.75, 3.05) is 0 Å². The van der Waals surface area contributed by atoms with Gasteiger partial charge in [0, 0.05) is 10.0 Å². The highest BCUT2D eigenvalue weighted by molar-refractivity contribution is 9.10. The second kappa shape index (κ2) is 5.77. The van der Waals surface area contributed by atoms with Crippen LogP contribution in [0.1, 0.15) is 10.4 Å². The van der Waals surface area contributed by atoms with Crippen LogP contribution in [0.3, 0.4) is 0 Å². The van der Waals surface area contributed by atoms with Gasteiger partial charge in [0.15, 0.2) is 0 Å². The van der Waals surface area contributed by atoms with Crippen molar-refractivity contribution in [1.82, 2.24) is 10.1 Å². The van der Waals surface area contributed by atoms with E-state index in [4.69, 9.17) is 16.4 Å². The quantitative estimate of drug-likeness (QED) is 0.165. The van der Waals surface area contributed by atoms with Crippen molar-refractivity contribution in [3.8, 4) is 12.4 Å². The molecule has 0 unspecified atom stereocenters. The van der Waals surface area contributed by atoms with Gasteiger partial charge in [-0.3, -0.25) is 9.59 Å². The maximum atomic E-state index is 11.8. The molecule has 90 valence electrons. The van der Waals surface area contributed by atoms with Gasteiger partial charge in [0.2, 0.25) is 12.4 Å². The number of hydrogen-bond acceptors (Lipinski definition) is 6. The zero-order valence-electron chi connectivity index (χ0n) is 8.87. The summed E-state index contributed by atoms with van der Waals surface area (Å²) in [6.07, 6.45) is 2.68. The van der Waals surface area contributed by atoms with Crippen LogP contribution < -0.4 is 5.84 Å². The normalized spacial score (nSPS) is 8.89. The van der Waals surface area contributed by atoms with E-state index in [9.17, 15) is 9.59 Å². The molecular formula is C10H6BrN5O2. The van der Waals surface area contributed by atoms with Gasteiger partial charge in [-0.2, -0.15) is 15.6 Å². The SMILES string of the molecule is N#CN(C#N)N(N)C(=O)C(=O)c1ccccc1Br. The van der Waals surface area contributed by atoms with Crippen LogP contribution in [0.15, 0.2) is 28.7 Å². The number of ketones is 1. The van der Waals surface area contributed by atoms with Crippen LogP contribution in [-0.2, 0) is 4.79 Å². The molecule has 0 fully saturated rings. The predicted octanol–water partition coefficient (Wildman–Crippen LogP) is 0.513. The van der Waals surface area contributed by atoms with E-state index in [1.807, 2.05) is 0 Å². The van der Waals surface area contributed by atoms with Crippen molar-refractivity contribution >= 4 is 27.6 Å². The van der Waals surface area contributed by atoms with Crippen LogP contribution in [0, 0.1) is 22.9 Å². The Morgan fingerprint density at radius 2 is 1.78 bits per heavy atom. The highest BCUT2D eigenvalue weighted by atomic mass is 79.9. The summed E-state index contributed by atoms with van der Waals surface area (Å²) >= 11 is 3.11. The zero-order chi connectivity index (χ0) is 13.7. The van der Waals surface area contributed by atoms with Gasteiger partial charge in [-0.05, 0) is 12.1 Å². The molecule has 0 aliphatic heterocycles. The minimum Gasteiger partial charge on any atom is -0.283 e. The summed E-state index contributed by atoms with van der Waals surface area (Å²) in [5.41, 5.74) is 0.0915. The van der Waals surface area contributed by atoms with Gasteiger partial charge in [-0.1, -0.05) is 33.1 Å². The third-order valence-corrected chi connectivity index (χ3v) is 2.62. The Labute approximate surface area is 111 Å². The largest absolute Gasteiger partial charge is 0.329 e. The first-order chi connectivity index (χ1) is 8.52. The molecule has 1 rings (SSSR count). The van der Waals surface area contributed by atoms with Crippen LogP contribution in [0.5, 0.6) is 0 Å². The number of nitrogens with zero attached hydrogens (tertiary/aromatic N) is 4. The Balaban J connectivity index is 3.00. The molecule has 1 aromatic rings. The van der Waals surface area contributed by atoms with Crippen molar-refractivity contribution in [2.45, 2.75) is 0 Å². The molecule has 0 saturated carbocycles. The first kappa shape index (κ1) is 13.6. The fourth-order valence-corrected chi connectivity index (χ4v) is 1.54. The van der Waals surface area contributed by atoms with Crippen LogP contribution in [0.4, 0.5) is 0 Å². The number of amides is 1. The fraction of sp³-hybridized carbons (Fsp3) is 0. The molecule has 0 heterocycles. The summed E-state index contributed by atoms with van der Waals surface area (Å²) in [6.45, 7) is 0. The van der Waals surface area contributed by atoms with Crippen LogP contribution in [-0.4, -0.2) is 21.8 Å². The lowest BCUT2D eigenvalue weighted by Gasteiger charge is -2.17. The van der Waals surface area contributed by atoms with Crippen molar-refractivity contribution in [2.24, 2.45) is 5.84 Å². The van der Waals surface area contributed by atoms with Crippen LogP contribution in [0.25, 0.3) is 0 Å². The van der Waals surface area contributed by atoms with Crippen LogP contribution >= 0.6 is 15.9 Å². The summed E-state index contributed by atoms with van der Waals surface area (Å²) in [5.74, 6) is 3.08. The molecule has 0 aliphatic rings. The molecule has 1 amide bonds. The number of halogens is 1. The molecule has 0 aliphatic carbocycles. The molecule has 8 heteroatoms. The molecule has 7 nitrogen and oxygen atoms in total. The topological polar surface area (TPSA) is 114 Å². The second-order valence-corrected chi connectivity index (χ2v) is 3.82. The first-order valence-electron chi connectivity index (χ1n) is 4.50. The van der Waals surface area contributed by atoms with Gasteiger partial charge in [0.25, 0.3) is 5.78 Å². The molecule has 2 N–H and O–H groups in total. The van der Waals surface area contributed by atoms with E-state index in [-0.39, 0.29) is 15.7 Å². The number of hydrazine groups is 2. The summed E-state index contributed by atoms with van der Waals surface area (Å²) in [6, 6.07) is 6.23. The van der Waals surface area contributed by atoms with Gasteiger partial charge in [0.1, 0.15) is 0 Å². The molecule has 18 heavy (non-hydrogen) atoms. The van der Waals surface area contributed by atoms with Gasteiger partial charge >= 0.3 is 5.91 Å². The van der Waals surface area contributed by atoms with Gasteiger partial charge < -0.3 is 0 Å². The number of carbonyl (C=O) groups is 2. The van der Waals surface area contributed by atoms with Crippen molar-refractivity contribution in [1.29, 1.82) is 10.5 Å². The lowest BCUT2D eigenvalue weighted by atomic mass is 10.1. The molecule has 1 aromatic carbocycles. The Morgan fingerprint density at radius 1 is 1.22 bits per heavy atom. The molecule has 0 aromatic heterocycles.